The van der Waals surface area contributed by atoms with Crippen molar-refractivity contribution < 1.29 is 24.9 Å². The van der Waals surface area contributed by atoms with Crippen LogP contribution in [-0.2, 0) is 4.79 Å². The van der Waals surface area contributed by atoms with Gasteiger partial charge in [-0.25, -0.2) is 0 Å². The Morgan fingerprint density at radius 2 is 1.00 bits per heavy atom. The number of carbonyl (C=O) groups is 1. The molecule has 0 saturated heterocycles. The Hall–Kier alpha value is -6.37. The first-order chi connectivity index (χ1) is 22.0. The molecule has 2 N–H and O–H groups in total. The van der Waals surface area contributed by atoms with Crippen molar-refractivity contribution in [2.75, 3.05) is 0 Å². The van der Waals surface area contributed by atoms with Crippen LogP contribution in [0.1, 0.15) is 35.1 Å². The highest BCUT2D eigenvalue weighted by Crippen LogP contribution is 2.37. The smallest absolute Gasteiger partial charge is 0.296 e. The van der Waals surface area contributed by atoms with Crippen molar-refractivity contribution in [1.29, 1.82) is 0 Å². The monoisotopic (exact) mass is 618 g/mol. The number of ketones is 1. The number of hydrogen-bond donors (Lipinski definition) is 2. The third-order valence-corrected chi connectivity index (χ3v) is 7.11. The van der Waals surface area contributed by atoms with Gasteiger partial charge in [-0.3, -0.25) is 25.0 Å². The van der Waals surface area contributed by atoms with Gasteiger partial charge in [-0.15, -0.1) is 20.5 Å². The van der Waals surface area contributed by atoms with E-state index < -0.39 is 9.85 Å². The molecule has 0 amide bonds. The number of aryl methyl sites for hydroxylation is 2. The standard InChI is InChI=1S/C33H26N6O7/c1-19-3-9-25(29(13-19)38(43)44)34-36-27-17-21(5-11-31(27)40)15-23-7-8-24(33(23)42)16-22-6-12-32(41)28(18-22)37-35-26-10-4-20(2)14-30(26)39(45)46/h3-6,9-18,40-41H,7-8H2,1-2H3/b23-15-,24-16+,36-34?,37-35?. The van der Waals surface area contributed by atoms with Crippen molar-refractivity contribution in [2.45, 2.75) is 26.7 Å². The number of azo groups is 2. The first-order valence-electron chi connectivity index (χ1n) is 13.9. The number of Topliss-reactive ketones (excluding diaryl/α,β-unsaturated/α-hetero) is 1. The molecule has 46 heavy (non-hydrogen) atoms. The summed E-state index contributed by atoms with van der Waals surface area (Å²) >= 11 is 0. The quantitative estimate of drug-likeness (QED) is 0.0849. The normalized spacial score (nSPS) is 15.0. The average Bonchev–Trinajstić information content (AvgIpc) is 3.36. The lowest BCUT2D eigenvalue weighted by Gasteiger charge is -2.03. The molecule has 5 rings (SSSR count). The van der Waals surface area contributed by atoms with Gasteiger partial charge in [-0.2, -0.15) is 0 Å². The fourth-order valence-corrected chi connectivity index (χ4v) is 4.75. The summed E-state index contributed by atoms with van der Waals surface area (Å²) in [4.78, 5) is 34.9. The number of phenols is 2. The van der Waals surface area contributed by atoms with Crippen molar-refractivity contribution in [2.24, 2.45) is 20.5 Å². The number of nitro benzene ring substituents is 2. The second-order valence-electron chi connectivity index (χ2n) is 10.6. The highest BCUT2D eigenvalue weighted by Gasteiger charge is 2.23. The highest BCUT2D eigenvalue weighted by molar-refractivity contribution is 6.15. The maximum Gasteiger partial charge on any atom is 0.296 e. The van der Waals surface area contributed by atoms with Gasteiger partial charge < -0.3 is 10.2 Å². The first kappa shape index (κ1) is 31.1. The molecule has 0 radical (unpaired) electrons. The van der Waals surface area contributed by atoms with E-state index in [-0.39, 0.29) is 51.4 Å². The second-order valence-corrected chi connectivity index (χ2v) is 10.6. The maximum absolute atomic E-state index is 13.3. The molecular weight excluding hydrogens is 592 g/mol. The van der Waals surface area contributed by atoms with Gasteiger partial charge in [0.2, 0.25) is 0 Å². The van der Waals surface area contributed by atoms with Crippen molar-refractivity contribution in [3.8, 4) is 11.5 Å². The summed E-state index contributed by atoms with van der Waals surface area (Å²) in [5.41, 5.74) is 3.40. The fourth-order valence-electron chi connectivity index (χ4n) is 4.75. The Morgan fingerprint density at radius 1 is 0.609 bits per heavy atom. The van der Waals surface area contributed by atoms with Crippen LogP contribution < -0.4 is 0 Å². The van der Waals surface area contributed by atoms with Crippen molar-refractivity contribution >= 4 is 52.1 Å². The van der Waals surface area contributed by atoms with E-state index >= 15 is 0 Å². The Bertz CT molecular complexity index is 1890. The summed E-state index contributed by atoms with van der Waals surface area (Å²) in [6.07, 6.45) is 4.28. The second kappa shape index (κ2) is 13.1. The minimum Gasteiger partial charge on any atom is -0.506 e. The van der Waals surface area contributed by atoms with E-state index in [1.165, 1.54) is 48.5 Å². The molecule has 4 aromatic rings. The van der Waals surface area contributed by atoms with Crippen LogP contribution >= 0.6 is 0 Å². The Labute approximate surface area is 261 Å². The minimum atomic E-state index is -0.554. The van der Waals surface area contributed by atoms with E-state index in [1.54, 1.807) is 50.3 Å². The molecule has 0 atom stereocenters. The average molecular weight is 619 g/mol. The number of nitro groups is 2. The molecule has 1 aliphatic rings. The zero-order chi connectivity index (χ0) is 33.0. The number of nitrogens with zero attached hydrogens (tertiary/aromatic N) is 6. The van der Waals surface area contributed by atoms with Gasteiger partial charge in [0.25, 0.3) is 11.4 Å². The topological polar surface area (TPSA) is 193 Å². The summed E-state index contributed by atoms with van der Waals surface area (Å²) in [7, 11) is 0. The molecule has 1 fully saturated rings. The molecule has 1 saturated carbocycles. The van der Waals surface area contributed by atoms with Crippen LogP contribution in [0.5, 0.6) is 11.5 Å². The Kier molecular flexibility index (Phi) is 8.84. The molecule has 1 aliphatic carbocycles. The largest absolute Gasteiger partial charge is 0.506 e. The van der Waals surface area contributed by atoms with Crippen molar-refractivity contribution in [3.05, 3.63) is 126 Å². The van der Waals surface area contributed by atoms with Crippen LogP contribution in [0.2, 0.25) is 0 Å². The molecule has 0 spiro atoms. The van der Waals surface area contributed by atoms with Gasteiger partial charge >= 0.3 is 0 Å². The van der Waals surface area contributed by atoms with Gasteiger partial charge in [-0.1, -0.05) is 24.3 Å². The van der Waals surface area contributed by atoms with E-state index in [9.17, 15) is 35.2 Å². The SMILES string of the molecule is Cc1ccc(N=Nc2cc(/C=C3/CC/C(=C\c4ccc(O)c(N=Nc5ccc(C)cc5[N+](=O)[O-])c4)C3=O)ccc2O)c([N+](=O)[O-])c1. The van der Waals surface area contributed by atoms with Gasteiger partial charge in [0.1, 0.15) is 22.9 Å². The predicted octanol–water partition coefficient (Wildman–Crippen LogP) is 9.19. The van der Waals surface area contributed by atoms with Gasteiger partial charge in [-0.05, 0) is 97.5 Å². The summed E-state index contributed by atoms with van der Waals surface area (Å²) in [5.74, 6) is -0.550. The van der Waals surface area contributed by atoms with E-state index in [0.717, 1.165) is 0 Å². The zero-order valence-corrected chi connectivity index (χ0v) is 24.6. The fraction of sp³-hybridized carbons (Fsp3) is 0.121. The molecule has 0 bridgehead atoms. The third kappa shape index (κ3) is 7.05. The van der Waals surface area contributed by atoms with Gasteiger partial charge in [0.15, 0.2) is 17.2 Å². The first-order valence-corrected chi connectivity index (χ1v) is 13.9. The van der Waals surface area contributed by atoms with E-state index in [4.69, 9.17) is 0 Å². The van der Waals surface area contributed by atoms with Crippen LogP contribution in [0.25, 0.3) is 12.2 Å². The van der Waals surface area contributed by atoms with E-state index in [1.807, 2.05) is 0 Å². The molecule has 0 heterocycles. The maximum atomic E-state index is 13.3. The van der Waals surface area contributed by atoms with Crippen LogP contribution in [-0.4, -0.2) is 25.8 Å². The summed E-state index contributed by atoms with van der Waals surface area (Å²) in [6.45, 7) is 3.45. The number of carbonyl (C=O) groups excluding carboxylic acids is 1. The van der Waals surface area contributed by atoms with Gasteiger partial charge in [0, 0.05) is 23.3 Å². The highest BCUT2D eigenvalue weighted by atomic mass is 16.6. The van der Waals surface area contributed by atoms with Crippen LogP contribution in [0.4, 0.5) is 34.1 Å². The lowest BCUT2D eigenvalue weighted by Crippen LogP contribution is -1.95. The molecule has 13 heteroatoms. The number of hydrogen-bond acceptors (Lipinski definition) is 11. The van der Waals surface area contributed by atoms with Crippen LogP contribution in [0, 0.1) is 34.1 Å². The van der Waals surface area contributed by atoms with Gasteiger partial charge in [0.05, 0.1) is 9.85 Å². The zero-order valence-electron chi connectivity index (χ0n) is 24.6. The Morgan fingerprint density at radius 3 is 1.39 bits per heavy atom. The molecule has 0 aliphatic heterocycles. The number of phenolic OH excluding ortho intramolecular Hbond substituents is 2. The molecule has 0 aromatic heterocycles. The molecule has 4 aromatic carbocycles. The molecular formula is C33H26N6O7. The number of benzene rings is 4. The molecule has 0 unspecified atom stereocenters. The number of aromatic hydroxyl groups is 2. The lowest BCUT2D eigenvalue weighted by molar-refractivity contribution is -0.384. The van der Waals surface area contributed by atoms with E-state index in [0.29, 0.717) is 46.2 Å². The molecule has 13 nitrogen and oxygen atoms in total. The summed E-state index contributed by atoms with van der Waals surface area (Å²) < 4.78 is 0. The van der Waals surface area contributed by atoms with Crippen molar-refractivity contribution in [1.82, 2.24) is 0 Å². The summed E-state index contributed by atoms with van der Waals surface area (Å²) in [5, 5.41) is 59.4. The van der Waals surface area contributed by atoms with Crippen LogP contribution in [0.15, 0.2) is 104 Å². The minimum absolute atomic E-state index is 0.0369. The Balaban J connectivity index is 1.36. The predicted molar refractivity (Wildman–Crippen MR) is 170 cm³/mol. The van der Waals surface area contributed by atoms with E-state index in [2.05, 4.69) is 20.5 Å². The lowest BCUT2D eigenvalue weighted by atomic mass is 10.1. The number of rotatable bonds is 8. The van der Waals surface area contributed by atoms with Crippen LogP contribution in [0.3, 0.4) is 0 Å². The third-order valence-electron chi connectivity index (χ3n) is 7.11. The summed E-state index contributed by atoms with van der Waals surface area (Å²) in [6, 6.07) is 18.1. The van der Waals surface area contributed by atoms with Crippen molar-refractivity contribution in [3.63, 3.8) is 0 Å². The molecule has 230 valence electrons. The number of allylic oxidation sites excluding steroid dienone is 2.